The molecule has 1 saturated heterocycles. The summed E-state index contributed by atoms with van der Waals surface area (Å²) in [5.41, 5.74) is 1.56. The van der Waals surface area contributed by atoms with E-state index >= 15 is 0 Å². The molecule has 3 rings (SSSR count). The molecule has 7 heteroatoms. The fourth-order valence-corrected chi connectivity index (χ4v) is 3.34. The van der Waals surface area contributed by atoms with Crippen LogP contribution in [0.25, 0.3) is 11.0 Å². The highest BCUT2D eigenvalue weighted by atomic mass is 16.5. The van der Waals surface area contributed by atoms with Crippen LogP contribution in [0.3, 0.4) is 0 Å². The highest BCUT2D eigenvalue weighted by Gasteiger charge is 2.32. The first-order valence-electron chi connectivity index (χ1n) is 8.69. The Bertz CT molecular complexity index is 879. The van der Waals surface area contributed by atoms with Gasteiger partial charge in [-0.3, -0.25) is 9.59 Å². The van der Waals surface area contributed by atoms with Crippen LogP contribution in [0, 0.1) is 0 Å². The average Bonchev–Trinajstić information content (AvgIpc) is 3.15. The van der Waals surface area contributed by atoms with E-state index < -0.39 is 17.8 Å². The van der Waals surface area contributed by atoms with E-state index in [0.717, 1.165) is 5.56 Å². The molecule has 0 saturated carbocycles. The second kappa shape index (κ2) is 6.39. The first kappa shape index (κ1) is 18.4. The number of carbonyl (C=O) groups is 2. The van der Waals surface area contributed by atoms with Gasteiger partial charge < -0.3 is 19.3 Å². The van der Waals surface area contributed by atoms with Crippen LogP contribution in [-0.2, 0) is 17.3 Å². The van der Waals surface area contributed by atoms with E-state index in [4.69, 9.17) is 4.74 Å². The molecule has 26 heavy (non-hydrogen) atoms. The van der Waals surface area contributed by atoms with Gasteiger partial charge in [0, 0.05) is 37.3 Å². The third-order valence-corrected chi connectivity index (χ3v) is 4.81. The molecule has 0 bridgehead atoms. The zero-order valence-corrected chi connectivity index (χ0v) is 15.9. The Labute approximate surface area is 152 Å². The van der Waals surface area contributed by atoms with Crippen molar-refractivity contribution < 1.29 is 19.4 Å². The summed E-state index contributed by atoms with van der Waals surface area (Å²) in [5.74, 6) is -0.641. The van der Waals surface area contributed by atoms with Crippen molar-refractivity contribution in [3.05, 3.63) is 23.4 Å². The van der Waals surface area contributed by atoms with Crippen LogP contribution in [0.1, 0.15) is 43.1 Å². The minimum Gasteiger partial charge on any atom is -0.481 e. The summed E-state index contributed by atoms with van der Waals surface area (Å²) in [6.45, 7) is 6.73. The second-order valence-corrected chi connectivity index (χ2v) is 7.84. The maximum absolute atomic E-state index is 12.8. The number of rotatable bonds is 3. The van der Waals surface area contributed by atoms with Crippen molar-refractivity contribution >= 4 is 22.7 Å². The van der Waals surface area contributed by atoms with Gasteiger partial charge in [0.1, 0.15) is 5.65 Å². The summed E-state index contributed by atoms with van der Waals surface area (Å²) in [6, 6.07) is 1.89. The summed E-state index contributed by atoms with van der Waals surface area (Å²) < 4.78 is 7.16. The number of nitrogens with zero attached hydrogens (tertiary/aromatic N) is 3. The smallest absolute Gasteiger partial charge is 0.295 e. The number of hydrogen-bond donors (Lipinski definition) is 1. The molecule has 1 fully saturated rings. The van der Waals surface area contributed by atoms with E-state index in [2.05, 4.69) is 4.98 Å². The monoisotopic (exact) mass is 359 g/mol. The minimum absolute atomic E-state index is 0.203. The number of aliphatic hydroxyl groups is 1. The number of carbonyl (C=O) groups excluding carboxylic acids is 2. The Kier molecular flexibility index (Phi) is 4.52. The third-order valence-electron chi connectivity index (χ3n) is 4.81. The molecule has 2 aromatic heterocycles. The van der Waals surface area contributed by atoms with Crippen LogP contribution in [0.2, 0.25) is 0 Å². The molecule has 140 valence electrons. The Hall–Kier alpha value is -2.41. The predicted molar refractivity (Wildman–Crippen MR) is 97.5 cm³/mol. The Morgan fingerprint density at radius 1 is 1.35 bits per heavy atom. The average molecular weight is 359 g/mol. The quantitative estimate of drug-likeness (QED) is 0.665. The van der Waals surface area contributed by atoms with Crippen LogP contribution in [-0.4, -0.2) is 57.6 Å². The standard InChI is InChI=1S/C19H25N3O4/c1-19(2,3)14-8-12-13(10-21(4)16(12)20-17(14)26-5)15(24)18(25)22-7-6-11(23)9-22/h8,10-11,23H,6-7,9H2,1-5H3. The predicted octanol–water partition coefficient (Wildman–Crippen LogP) is 1.66. The number of methoxy groups -OCH3 is 1. The summed E-state index contributed by atoms with van der Waals surface area (Å²) >= 11 is 0. The molecule has 0 aromatic carbocycles. The Balaban J connectivity index is 2.09. The number of amides is 1. The molecular weight excluding hydrogens is 334 g/mol. The minimum atomic E-state index is -0.581. The Morgan fingerprint density at radius 2 is 2.04 bits per heavy atom. The van der Waals surface area contributed by atoms with Crippen molar-refractivity contribution in [3.8, 4) is 5.88 Å². The van der Waals surface area contributed by atoms with E-state index in [9.17, 15) is 14.7 Å². The number of aromatic nitrogens is 2. The summed E-state index contributed by atoms with van der Waals surface area (Å²) in [4.78, 5) is 31.4. The van der Waals surface area contributed by atoms with Gasteiger partial charge in [0.25, 0.3) is 11.7 Å². The molecule has 2 aromatic rings. The van der Waals surface area contributed by atoms with Gasteiger partial charge in [0.05, 0.1) is 18.8 Å². The number of aliphatic hydroxyl groups excluding tert-OH is 1. The van der Waals surface area contributed by atoms with Crippen LogP contribution in [0.15, 0.2) is 12.3 Å². The summed E-state index contributed by atoms with van der Waals surface area (Å²) in [5, 5.41) is 10.3. The van der Waals surface area contributed by atoms with E-state index in [1.165, 1.54) is 4.90 Å². The Morgan fingerprint density at radius 3 is 2.58 bits per heavy atom. The van der Waals surface area contributed by atoms with Gasteiger partial charge in [0.15, 0.2) is 0 Å². The third kappa shape index (κ3) is 3.07. The molecule has 1 amide bonds. The first-order chi connectivity index (χ1) is 12.1. The van der Waals surface area contributed by atoms with Crippen LogP contribution >= 0.6 is 0 Å². The van der Waals surface area contributed by atoms with Gasteiger partial charge in [-0.25, -0.2) is 0 Å². The number of Topliss-reactive ketones (excluding diaryl/α,β-unsaturated/α-hetero) is 1. The fourth-order valence-electron chi connectivity index (χ4n) is 3.34. The van der Waals surface area contributed by atoms with Crippen molar-refractivity contribution in [2.75, 3.05) is 20.2 Å². The second-order valence-electron chi connectivity index (χ2n) is 7.84. The van der Waals surface area contributed by atoms with Crippen LogP contribution in [0.4, 0.5) is 0 Å². The van der Waals surface area contributed by atoms with Gasteiger partial charge in [-0.15, -0.1) is 0 Å². The first-order valence-corrected chi connectivity index (χ1v) is 8.69. The molecule has 1 atom stereocenters. The van der Waals surface area contributed by atoms with E-state index in [1.54, 1.807) is 24.9 Å². The van der Waals surface area contributed by atoms with Gasteiger partial charge in [-0.05, 0) is 17.9 Å². The van der Waals surface area contributed by atoms with Gasteiger partial charge in [-0.2, -0.15) is 4.98 Å². The number of fused-ring (bicyclic) bond motifs is 1. The molecule has 7 nitrogen and oxygen atoms in total. The SMILES string of the molecule is COc1nc2c(cc1C(C)(C)C)c(C(=O)C(=O)N1CCC(O)C1)cn2C. The molecule has 0 aliphatic carbocycles. The molecular formula is C19H25N3O4. The van der Waals surface area contributed by atoms with Gasteiger partial charge in [0.2, 0.25) is 5.88 Å². The number of β-amino-alcohol motifs (C(OH)–C–C–N with tert-alkyl or cyclic N) is 1. The van der Waals surface area contributed by atoms with Crippen LogP contribution < -0.4 is 4.74 Å². The molecule has 1 N–H and O–H groups in total. The normalized spacial score (nSPS) is 17.8. The fraction of sp³-hybridized carbons (Fsp3) is 0.526. The summed E-state index contributed by atoms with van der Waals surface area (Å²) in [6.07, 6.45) is 1.58. The summed E-state index contributed by atoms with van der Waals surface area (Å²) in [7, 11) is 3.35. The van der Waals surface area contributed by atoms with Gasteiger partial charge in [-0.1, -0.05) is 20.8 Å². The zero-order chi connectivity index (χ0) is 19.2. The topological polar surface area (TPSA) is 84.7 Å². The number of hydrogen-bond acceptors (Lipinski definition) is 5. The molecule has 1 unspecified atom stereocenters. The number of likely N-dealkylation sites (tertiary alicyclic amines) is 1. The maximum Gasteiger partial charge on any atom is 0.295 e. The highest BCUT2D eigenvalue weighted by Crippen LogP contribution is 2.34. The number of ketones is 1. The van der Waals surface area contributed by atoms with E-state index in [1.807, 2.05) is 26.8 Å². The lowest BCUT2D eigenvalue weighted by Gasteiger charge is -2.21. The maximum atomic E-state index is 12.8. The molecule has 3 heterocycles. The van der Waals surface area contributed by atoms with Crippen LogP contribution in [0.5, 0.6) is 5.88 Å². The molecule has 0 spiro atoms. The lowest BCUT2D eigenvalue weighted by molar-refractivity contribution is -0.125. The van der Waals surface area contributed by atoms with Gasteiger partial charge >= 0.3 is 0 Å². The van der Waals surface area contributed by atoms with Crippen molar-refractivity contribution in [3.63, 3.8) is 0 Å². The van der Waals surface area contributed by atoms with Crippen molar-refractivity contribution in [2.24, 2.45) is 7.05 Å². The molecule has 1 aliphatic rings. The van der Waals surface area contributed by atoms with Crippen molar-refractivity contribution in [1.82, 2.24) is 14.5 Å². The largest absolute Gasteiger partial charge is 0.481 e. The highest BCUT2D eigenvalue weighted by molar-refractivity contribution is 6.44. The zero-order valence-electron chi connectivity index (χ0n) is 15.9. The molecule has 0 radical (unpaired) electrons. The van der Waals surface area contributed by atoms with E-state index in [0.29, 0.717) is 35.4 Å². The number of aryl methyl sites for hydroxylation is 1. The lowest BCUT2D eigenvalue weighted by Crippen LogP contribution is -2.35. The van der Waals surface area contributed by atoms with Crippen molar-refractivity contribution in [2.45, 2.75) is 38.7 Å². The number of ether oxygens (including phenoxy) is 1. The van der Waals surface area contributed by atoms with Crippen molar-refractivity contribution in [1.29, 1.82) is 0 Å². The number of pyridine rings is 1. The van der Waals surface area contributed by atoms with E-state index in [-0.39, 0.29) is 12.0 Å². The molecule has 1 aliphatic heterocycles. The lowest BCUT2D eigenvalue weighted by atomic mass is 9.87.